The van der Waals surface area contributed by atoms with E-state index in [9.17, 15) is 0 Å². The van der Waals surface area contributed by atoms with Gasteiger partial charge in [-0.3, -0.25) is 9.56 Å². The Morgan fingerprint density at radius 2 is 2.16 bits per heavy atom. The molecule has 2 aromatic rings. The van der Waals surface area contributed by atoms with Crippen LogP contribution in [0.4, 0.5) is 5.82 Å². The number of benzene rings is 1. The zero-order valence-electron chi connectivity index (χ0n) is 11.2. The summed E-state index contributed by atoms with van der Waals surface area (Å²) in [5, 5.41) is 4.39. The van der Waals surface area contributed by atoms with Gasteiger partial charge in [-0.15, -0.1) is 0 Å². The number of ether oxygens (including phenoxy) is 2. The van der Waals surface area contributed by atoms with Crippen molar-refractivity contribution < 1.29 is 9.47 Å². The van der Waals surface area contributed by atoms with Crippen molar-refractivity contribution in [3.05, 3.63) is 17.8 Å². The number of methoxy groups -OCH3 is 2. The molecule has 1 N–H and O–H groups in total. The van der Waals surface area contributed by atoms with Gasteiger partial charge in [0.15, 0.2) is 11.5 Å². The first-order valence-corrected chi connectivity index (χ1v) is 6.12. The molecular formula is C13H16N4O2. The molecule has 1 aliphatic rings. The predicted octanol–water partition coefficient (Wildman–Crippen LogP) is 1.01. The molecule has 0 spiro atoms. The fraction of sp³-hybridized carbons (Fsp3) is 0.385. The number of aromatic nitrogens is 2. The van der Waals surface area contributed by atoms with E-state index < -0.39 is 0 Å². The molecule has 0 atom stereocenters. The lowest BCUT2D eigenvalue weighted by Crippen LogP contribution is -2.23. The fourth-order valence-corrected chi connectivity index (χ4v) is 2.48. The van der Waals surface area contributed by atoms with E-state index in [0.717, 1.165) is 29.8 Å². The van der Waals surface area contributed by atoms with Crippen molar-refractivity contribution in [1.29, 1.82) is 0 Å². The zero-order chi connectivity index (χ0) is 13.4. The van der Waals surface area contributed by atoms with Gasteiger partial charge >= 0.3 is 0 Å². The molecule has 0 unspecified atom stereocenters. The standard InChI is InChI=1S/C13H16N4O2/c1-14-13-16-10-8(12-15-6-7-17(12)13)4-5-9(18-2)11(10)19-3/h4-5,15H,6-7H2,1-3H3. The van der Waals surface area contributed by atoms with E-state index in [-0.39, 0.29) is 0 Å². The van der Waals surface area contributed by atoms with Crippen LogP contribution in [0.1, 0.15) is 0 Å². The summed E-state index contributed by atoms with van der Waals surface area (Å²) in [6, 6.07) is 3.89. The summed E-state index contributed by atoms with van der Waals surface area (Å²) >= 11 is 0. The first-order chi connectivity index (χ1) is 9.30. The van der Waals surface area contributed by atoms with Crippen LogP contribution in [0.3, 0.4) is 0 Å². The number of hydrogen-bond donors (Lipinski definition) is 1. The van der Waals surface area contributed by atoms with E-state index in [4.69, 9.17) is 9.47 Å². The predicted molar refractivity (Wildman–Crippen MR) is 72.8 cm³/mol. The van der Waals surface area contributed by atoms with Crippen LogP contribution in [-0.4, -0.2) is 37.4 Å². The minimum Gasteiger partial charge on any atom is -0.493 e. The molecule has 0 fully saturated rings. The Hall–Kier alpha value is -2.24. The summed E-state index contributed by atoms with van der Waals surface area (Å²) in [7, 11) is 4.98. The van der Waals surface area contributed by atoms with Crippen LogP contribution in [0, 0.1) is 0 Å². The second-order valence-electron chi connectivity index (χ2n) is 4.26. The Labute approximate surface area is 110 Å². The Bertz CT molecular complexity index is 706. The van der Waals surface area contributed by atoms with Crippen molar-refractivity contribution in [2.45, 2.75) is 6.54 Å². The number of anilines is 1. The molecule has 6 heteroatoms. The van der Waals surface area contributed by atoms with Crippen LogP contribution in [0.5, 0.6) is 11.5 Å². The van der Waals surface area contributed by atoms with E-state index >= 15 is 0 Å². The van der Waals surface area contributed by atoms with E-state index in [1.54, 1.807) is 21.3 Å². The topological polar surface area (TPSA) is 60.7 Å². The van der Waals surface area contributed by atoms with Crippen LogP contribution in [-0.2, 0) is 6.54 Å². The van der Waals surface area contributed by atoms with Gasteiger partial charge in [0.2, 0.25) is 5.62 Å². The lowest BCUT2D eigenvalue weighted by Gasteiger charge is -2.13. The summed E-state index contributed by atoms with van der Waals surface area (Å²) < 4.78 is 12.8. The van der Waals surface area contributed by atoms with Crippen LogP contribution in [0.15, 0.2) is 17.1 Å². The summed E-state index contributed by atoms with van der Waals surface area (Å²) in [5.41, 5.74) is 1.46. The van der Waals surface area contributed by atoms with Crippen molar-refractivity contribution in [2.75, 3.05) is 33.1 Å². The highest BCUT2D eigenvalue weighted by atomic mass is 16.5. The molecule has 0 radical (unpaired) electrons. The summed E-state index contributed by atoms with van der Waals surface area (Å²) in [6.07, 6.45) is 0. The van der Waals surface area contributed by atoms with Crippen LogP contribution in [0.2, 0.25) is 0 Å². The van der Waals surface area contributed by atoms with E-state index in [2.05, 4.69) is 19.9 Å². The lowest BCUT2D eigenvalue weighted by atomic mass is 10.2. The molecule has 6 nitrogen and oxygen atoms in total. The van der Waals surface area contributed by atoms with Gasteiger partial charge in [-0.05, 0) is 12.1 Å². The summed E-state index contributed by atoms with van der Waals surface area (Å²) in [6.45, 7) is 1.76. The van der Waals surface area contributed by atoms with E-state index in [1.807, 2.05) is 12.1 Å². The quantitative estimate of drug-likeness (QED) is 0.875. The molecule has 3 rings (SSSR count). The normalized spacial score (nSPS) is 14.4. The molecule has 19 heavy (non-hydrogen) atoms. The van der Waals surface area contributed by atoms with Crippen molar-refractivity contribution in [2.24, 2.45) is 4.99 Å². The average Bonchev–Trinajstić information content (AvgIpc) is 2.94. The number of nitrogens with zero attached hydrogens (tertiary/aromatic N) is 3. The molecule has 0 amide bonds. The molecule has 0 bridgehead atoms. The van der Waals surface area contributed by atoms with Gasteiger partial charge in [-0.2, -0.15) is 0 Å². The van der Waals surface area contributed by atoms with Crippen LogP contribution in [0.25, 0.3) is 10.9 Å². The molecule has 1 aliphatic heterocycles. The molecule has 0 saturated carbocycles. The average molecular weight is 260 g/mol. The van der Waals surface area contributed by atoms with Gasteiger partial charge in [0, 0.05) is 25.5 Å². The molecule has 0 aliphatic carbocycles. The molecular weight excluding hydrogens is 244 g/mol. The van der Waals surface area contributed by atoms with Crippen molar-refractivity contribution in [1.82, 2.24) is 9.55 Å². The fourth-order valence-electron chi connectivity index (χ4n) is 2.48. The third kappa shape index (κ3) is 1.63. The van der Waals surface area contributed by atoms with Gasteiger partial charge in [-0.1, -0.05) is 0 Å². The van der Waals surface area contributed by atoms with E-state index in [0.29, 0.717) is 17.1 Å². The highest BCUT2D eigenvalue weighted by Gasteiger charge is 2.19. The highest BCUT2D eigenvalue weighted by Crippen LogP contribution is 2.36. The summed E-state index contributed by atoms with van der Waals surface area (Å²) in [5.74, 6) is 2.35. The monoisotopic (exact) mass is 260 g/mol. The maximum Gasteiger partial charge on any atom is 0.226 e. The summed E-state index contributed by atoms with van der Waals surface area (Å²) in [4.78, 5) is 8.83. The third-order valence-electron chi connectivity index (χ3n) is 3.33. The SMILES string of the molecule is CN=c1nc2c(OC)c(OC)ccc2c2n1CCN2. The first kappa shape index (κ1) is 11.8. The minimum atomic E-state index is 0.641. The molecule has 1 aromatic carbocycles. The highest BCUT2D eigenvalue weighted by molar-refractivity contribution is 5.95. The van der Waals surface area contributed by atoms with Gasteiger partial charge < -0.3 is 14.8 Å². The number of fused-ring (bicyclic) bond motifs is 3. The largest absolute Gasteiger partial charge is 0.493 e. The number of nitrogens with one attached hydrogen (secondary N) is 1. The second kappa shape index (κ2) is 4.46. The Morgan fingerprint density at radius 3 is 2.84 bits per heavy atom. The van der Waals surface area contributed by atoms with Gasteiger partial charge in [0.1, 0.15) is 11.3 Å². The van der Waals surface area contributed by atoms with Crippen molar-refractivity contribution >= 4 is 16.7 Å². The van der Waals surface area contributed by atoms with E-state index in [1.165, 1.54) is 0 Å². The van der Waals surface area contributed by atoms with Gasteiger partial charge in [0.25, 0.3) is 0 Å². The van der Waals surface area contributed by atoms with Crippen molar-refractivity contribution in [3.63, 3.8) is 0 Å². The molecule has 100 valence electrons. The Morgan fingerprint density at radius 1 is 1.32 bits per heavy atom. The van der Waals surface area contributed by atoms with Crippen LogP contribution >= 0.6 is 0 Å². The molecule has 0 saturated heterocycles. The Kier molecular flexibility index (Phi) is 2.77. The minimum absolute atomic E-state index is 0.641. The lowest BCUT2D eigenvalue weighted by molar-refractivity contribution is 0.358. The van der Waals surface area contributed by atoms with Crippen molar-refractivity contribution in [3.8, 4) is 11.5 Å². The number of hydrogen-bond acceptors (Lipinski definition) is 5. The maximum absolute atomic E-state index is 5.44. The number of rotatable bonds is 2. The first-order valence-electron chi connectivity index (χ1n) is 6.12. The second-order valence-corrected chi connectivity index (χ2v) is 4.26. The molecule has 2 heterocycles. The molecule has 1 aromatic heterocycles. The zero-order valence-corrected chi connectivity index (χ0v) is 11.2. The van der Waals surface area contributed by atoms with Gasteiger partial charge in [-0.25, -0.2) is 4.98 Å². The maximum atomic E-state index is 5.44. The van der Waals surface area contributed by atoms with Gasteiger partial charge in [0.05, 0.1) is 14.2 Å². The van der Waals surface area contributed by atoms with Crippen LogP contribution < -0.4 is 20.4 Å². The Balaban J connectivity index is 2.45. The smallest absolute Gasteiger partial charge is 0.226 e. The third-order valence-corrected chi connectivity index (χ3v) is 3.33.